The monoisotopic (exact) mass is 368 g/mol. The van der Waals surface area contributed by atoms with Crippen molar-refractivity contribution < 1.29 is 14.3 Å². The van der Waals surface area contributed by atoms with Crippen LogP contribution in [-0.4, -0.2) is 12.6 Å². The lowest BCUT2D eigenvalue weighted by molar-refractivity contribution is 0.0733. The van der Waals surface area contributed by atoms with E-state index in [0.29, 0.717) is 33.2 Å². The van der Waals surface area contributed by atoms with Crippen molar-refractivity contribution in [3.8, 4) is 11.5 Å². The molecule has 0 radical (unpaired) electrons. The summed E-state index contributed by atoms with van der Waals surface area (Å²) < 4.78 is 11.5. The fraction of sp³-hybridized carbons (Fsp3) is 0.188. The standard InChI is InChI=1S/C16H14BrClO3/c1-2-8-20-13-5-3-4-11(9-13)16(19)21-15-7-6-12(18)10-14(15)17/h3-7,9-10H,2,8H2,1H3. The first-order chi connectivity index (χ1) is 10.1. The lowest BCUT2D eigenvalue weighted by atomic mass is 10.2. The van der Waals surface area contributed by atoms with Crippen molar-refractivity contribution in [2.75, 3.05) is 6.61 Å². The van der Waals surface area contributed by atoms with Crippen molar-refractivity contribution in [1.29, 1.82) is 0 Å². The summed E-state index contributed by atoms with van der Waals surface area (Å²) in [5.41, 5.74) is 0.436. The number of hydrogen-bond donors (Lipinski definition) is 0. The van der Waals surface area contributed by atoms with Gasteiger partial charge < -0.3 is 9.47 Å². The first kappa shape index (κ1) is 15.9. The van der Waals surface area contributed by atoms with Gasteiger partial charge in [-0.15, -0.1) is 0 Å². The SMILES string of the molecule is CCCOc1cccc(C(=O)Oc2ccc(Cl)cc2Br)c1. The third-order valence-electron chi connectivity index (χ3n) is 2.64. The van der Waals surface area contributed by atoms with E-state index in [2.05, 4.69) is 15.9 Å². The summed E-state index contributed by atoms with van der Waals surface area (Å²) in [6, 6.07) is 11.9. The molecule has 2 aromatic rings. The summed E-state index contributed by atoms with van der Waals surface area (Å²) in [5, 5.41) is 0.566. The molecule has 0 aliphatic carbocycles. The van der Waals surface area contributed by atoms with Crippen molar-refractivity contribution in [2.45, 2.75) is 13.3 Å². The van der Waals surface area contributed by atoms with Gasteiger partial charge in [0.05, 0.1) is 16.6 Å². The number of carbonyl (C=O) groups excluding carboxylic acids is 1. The Bertz CT molecular complexity index is 643. The van der Waals surface area contributed by atoms with Gasteiger partial charge in [-0.1, -0.05) is 24.6 Å². The summed E-state index contributed by atoms with van der Waals surface area (Å²) in [7, 11) is 0. The molecule has 21 heavy (non-hydrogen) atoms. The van der Waals surface area contributed by atoms with E-state index in [9.17, 15) is 4.79 Å². The molecule has 0 N–H and O–H groups in total. The molecule has 0 bridgehead atoms. The maximum atomic E-state index is 12.1. The molecule has 2 rings (SSSR count). The Morgan fingerprint density at radius 2 is 2.05 bits per heavy atom. The maximum Gasteiger partial charge on any atom is 0.343 e. The van der Waals surface area contributed by atoms with Crippen LogP contribution >= 0.6 is 27.5 Å². The zero-order valence-electron chi connectivity index (χ0n) is 11.4. The Morgan fingerprint density at radius 3 is 2.76 bits per heavy atom. The normalized spacial score (nSPS) is 10.2. The molecule has 0 saturated carbocycles. The van der Waals surface area contributed by atoms with E-state index in [4.69, 9.17) is 21.1 Å². The lowest BCUT2D eigenvalue weighted by Gasteiger charge is -2.08. The second-order valence-electron chi connectivity index (χ2n) is 4.34. The zero-order valence-corrected chi connectivity index (χ0v) is 13.8. The zero-order chi connectivity index (χ0) is 15.2. The van der Waals surface area contributed by atoms with Crippen LogP contribution in [0.25, 0.3) is 0 Å². The number of halogens is 2. The van der Waals surface area contributed by atoms with Crippen LogP contribution in [0.1, 0.15) is 23.7 Å². The number of rotatable bonds is 5. The van der Waals surface area contributed by atoms with Gasteiger partial charge >= 0.3 is 5.97 Å². The van der Waals surface area contributed by atoms with Gasteiger partial charge in [0.2, 0.25) is 0 Å². The molecule has 0 heterocycles. The minimum atomic E-state index is -0.444. The lowest BCUT2D eigenvalue weighted by Crippen LogP contribution is -2.09. The molecule has 0 saturated heterocycles. The molecule has 0 aliphatic rings. The van der Waals surface area contributed by atoms with Gasteiger partial charge in [0.1, 0.15) is 11.5 Å². The van der Waals surface area contributed by atoms with Gasteiger partial charge in [0.15, 0.2) is 0 Å². The van der Waals surface area contributed by atoms with Crippen molar-refractivity contribution in [1.82, 2.24) is 0 Å². The van der Waals surface area contributed by atoms with Crippen molar-refractivity contribution in [3.05, 3.63) is 57.5 Å². The fourth-order valence-electron chi connectivity index (χ4n) is 1.65. The largest absolute Gasteiger partial charge is 0.494 e. The summed E-state index contributed by atoms with van der Waals surface area (Å²) in [6.07, 6.45) is 0.909. The smallest absolute Gasteiger partial charge is 0.343 e. The van der Waals surface area contributed by atoms with E-state index in [1.165, 1.54) is 0 Å². The van der Waals surface area contributed by atoms with Gasteiger partial charge in [-0.25, -0.2) is 4.79 Å². The van der Waals surface area contributed by atoms with Gasteiger partial charge in [-0.05, 0) is 58.7 Å². The Balaban J connectivity index is 2.12. The molecular weight excluding hydrogens is 356 g/mol. The van der Waals surface area contributed by atoms with E-state index in [0.717, 1.165) is 6.42 Å². The summed E-state index contributed by atoms with van der Waals surface area (Å²) >= 11 is 9.16. The molecule has 110 valence electrons. The molecule has 2 aromatic carbocycles. The molecule has 0 amide bonds. The average molecular weight is 370 g/mol. The van der Waals surface area contributed by atoms with Crippen LogP contribution in [-0.2, 0) is 0 Å². The van der Waals surface area contributed by atoms with Crippen LogP contribution in [0.3, 0.4) is 0 Å². The van der Waals surface area contributed by atoms with Gasteiger partial charge in [-0.3, -0.25) is 0 Å². The summed E-state index contributed by atoms with van der Waals surface area (Å²) in [4.78, 5) is 12.1. The first-order valence-corrected chi connectivity index (χ1v) is 7.67. The van der Waals surface area contributed by atoms with Crippen LogP contribution in [0.5, 0.6) is 11.5 Å². The highest BCUT2D eigenvalue weighted by atomic mass is 79.9. The van der Waals surface area contributed by atoms with Crippen LogP contribution in [0.15, 0.2) is 46.9 Å². The first-order valence-electron chi connectivity index (χ1n) is 6.50. The molecule has 0 fully saturated rings. The summed E-state index contributed by atoms with van der Waals surface area (Å²) in [6.45, 7) is 2.64. The number of esters is 1. The van der Waals surface area contributed by atoms with Crippen molar-refractivity contribution in [2.24, 2.45) is 0 Å². The van der Waals surface area contributed by atoms with E-state index in [1.54, 1.807) is 36.4 Å². The second kappa shape index (κ2) is 7.48. The quantitative estimate of drug-likeness (QED) is 0.542. The van der Waals surface area contributed by atoms with Gasteiger partial charge in [0, 0.05) is 5.02 Å². The molecule has 0 spiro atoms. The predicted molar refractivity (Wildman–Crippen MR) is 86.3 cm³/mol. The van der Waals surface area contributed by atoms with E-state index in [-0.39, 0.29) is 0 Å². The highest BCUT2D eigenvalue weighted by Gasteiger charge is 2.12. The molecule has 0 unspecified atom stereocenters. The Kier molecular flexibility index (Phi) is 5.65. The molecule has 0 aromatic heterocycles. The molecule has 0 atom stereocenters. The third-order valence-corrected chi connectivity index (χ3v) is 3.49. The van der Waals surface area contributed by atoms with Crippen LogP contribution < -0.4 is 9.47 Å². The minimum Gasteiger partial charge on any atom is -0.494 e. The molecule has 5 heteroatoms. The van der Waals surface area contributed by atoms with Gasteiger partial charge in [0.25, 0.3) is 0 Å². The number of carbonyl (C=O) groups is 1. The minimum absolute atomic E-state index is 0.421. The second-order valence-corrected chi connectivity index (χ2v) is 5.63. The van der Waals surface area contributed by atoms with Crippen molar-refractivity contribution in [3.63, 3.8) is 0 Å². The molecule has 3 nitrogen and oxygen atoms in total. The topological polar surface area (TPSA) is 35.5 Å². The predicted octanol–water partition coefficient (Wildman–Crippen LogP) is 5.11. The highest BCUT2D eigenvalue weighted by Crippen LogP contribution is 2.28. The van der Waals surface area contributed by atoms with Crippen LogP contribution in [0, 0.1) is 0 Å². The fourth-order valence-corrected chi connectivity index (χ4v) is 2.41. The number of benzene rings is 2. The number of ether oxygens (including phenoxy) is 2. The molecular formula is C16H14BrClO3. The highest BCUT2D eigenvalue weighted by molar-refractivity contribution is 9.10. The Hall–Kier alpha value is -1.52. The van der Waals surface area contributed by atoms with E-state index >= 15 is 0 Å². The third kappa shape index (κ3) is 4.48. The Labute approximate surface area is 137 Å². The number of hydrogen-bond acceptors (Lipinski definition) is 3. The van der Waals surface area contributed by atoms with Gasteiger partial charge in [-0.2, -0.15) is 0 Å². The summed E-state index contributed by atoms with van der Waals surface area (Å²) in [5.74, 6) is 0.630. The maximum absolute atomic E-state index is 12.1. The van der Waals surface area contributed by atoms with E-state index in [1.807, 2.05) is 13.0 Å². The van der Waals surface area contributed by atoms with E-state index < -0.39 is 5.97 Å². The van der Waals surface area contributed by atoms with Crippen molar-refractivity contribution >= 4 is 33.5 Å². The van der Waals surface area contributed by atoms with Crippen LogP contribution in [0.2, 0.25) is 5.02 Å². The molecule has 0 aliphatic heterocycles. The van der Waals surface area contributed by atoms with Crippen LogP contribution in [0.4, 0.5) is 0 Å². The average Bonchev–Trinajstić information content (AvgIpc) is 2.48. The Morgan fingerprint density at radius 1 is 1.24 bits per heavy atom.